The lowest BCUT2D eigenvalue weighted by Gasteiger charge is -2.28. The van der Waals surface area contributed by atoms with E-state index < -0.39 is 0 Å². The van der Waals surface area contributed by atoms with Crippen LogP contribution in [0.25, 0.3) is 0 Å². The maximum absolute atomic E-state index is 8.95. The van der Waals surface area contributed by atoms with Crippen molar-refractivity contribution in [2.45, 2.75) is 33.1 Å². The lowest BCUT2D eigenvalue weighted by molar-refractivity contribution is 0.224. The van der Waals surface area contributed by atoms with Crippen molar-refractivity contribution in [2.75, 3.05) is 33.2 Å². The molecule has 1 aliphatic rings. The van der Waals surface area contributed by atoms with Crippen molar-refractivity contribution in [3.05, 3.63) is 0 Å². The van der Waals surface area contributed by atoms with Crippen LogP contribution in [0, 0.1) is 22.7 Å². The molecule has 1 aliphatic heterocycles. The zero-order valence-electron chi connectivity index (χ0n) is 10.9. The molecule has 0 aromatic heterocycles. The summed E-state index contributed by atoms with van der Waals surface area (Å²) >= 11 is 0. The second kappa shape index (κ2) is 6.22. The van der Waals surface area contributed by atoms with Gasteiger partial charge in [0.05, 0.1) is 11.5 Å². The molecule has 1 fully saturated rings. The molecule has 0 bridgehead atoms. The molecule has 1 unspecified atom stereocenters. The normalized spacial score (nSPS) is 22.1. The molecule has 92 valence electrons. The number of hydrogen-bond acceptors (Lipinski definition) is 3. The molecule has 0 aliphatic carbocycles. The Labute approximate surface area is 99.8 Å². The molecule has 0 aromatic carbocycles. The van der Waals surface area contributed by atoms with Gasteiger partial charge in [0.2, 0.25) is 0 Å². The Morgan fingerprint density at radius 1 is 1.50 bits per heavy atom. The molecule has 1 atom stereocenters. The summed E-state index contributed by atoms with van der Waals surface area (Å²) in [4.78, 5) is 2.37. The van der Waals surface area contributed by atoms with E-state index in [0.717, 1.165) is 32.0 Å². The standard InChI is InChI=1S/C13H25N3/c1-13(2,11-14)6-8-16(3)10-12-5-4-7-15-9-12/h12,15H,4-10H2,1-3H3. The van der Waals surface area contributed by atoms with Gasteiger partial charge < -0.3 is 10.2 Å². The highest BCUT2D eigenvalue weighted by molar-refractivity contribution is 4.92. The molecule has 0 amide bonds. The average Bonchev–Trinajstić information content (AvgIpc) is 2.28. The van der Waals surface area contributed by atoms with Gasteiger partial charge in [0.1, 0.15) is 0 Å². The monoisotopic (exact) mass is 223 g/mol. The van der Waals surface area contributed by atoms with Crippen molar-refractivity contribution in [3.63, 3.8) is 0 Å². The molecule has 1 rings (SSSR count). The first-order valence-electron chi connectivity index (χ1n) is 6.34. The van der Waals surface area contributed by atoms with Crippen LogP contribution in [0.2, 0.25) is 0 Å². The van der Waals surface area contributed by atoms with Crippen molar-refractivity contribution >= 4 is 0 Å². The van der Waals surface area contributed by atoms with E-state index in [1.807, 2.05) is 13.8 Å². The number of hydrogen-bond donors (Lipinski definition) is 1. The highest BCUT2D eigenvalue weighted by atomic mass is 15.1. The number of piperidine rings is 1. The van der Waals surface area contributed by atoms with E-state index in [4.69, 9.17) is 5.26 Å². The van der Waals surface area contributed by atoms with E-state index >= 15 is 0 Å². The topological polar surface area (TPSA) is 39.1 Å². The van der Waals surface area contributed by atoms with Gasteiger partial charge in [-0.1, -0.05) is 0 Å². The van der Waals surface area contributed by atoms with Gasteiger partial charge in [-0.15, -0.1) is 0 Å². The van der Waals surface area contributed by atoms with Crippen LogP contribution in [0.4, 0.5) is 0 Å². The largest absolute Gasteiger partial charge is 0.316 e. The summed E-state index contributed by atoms with van der Waals surface area (Å²) in [7, 11) is 2.17. The van der Waals surface area contributed by atoms with Crippen LogP contribution in [0.5, 0.6) is 0 Å². The number of nitrogens with one attached hydrogen (secondary N) is 1. The van der Waals surface area contributed by atoms with Gasteiger partial charge in [0.25, 0.3) is 0 Å². The highest BCUT2D eigenvalue weighted by Gasteiger charge is 2.19. The minimum Gasteiger partial charge on any atom is -0.316 e. The molecule has 16 heavy (non-hydrogen) atoms. The Morgan fingerprint density at radius 3 is 2.81 bits per heavy atom. The first kappa shape index (κ1) is 13.5. The van der Waals surface area contributed by atoms with Crippen molar-refractivity contribution in [2.24, 2.45) is 11.3 Å². The lowest BCUT2D eigenvalue weighted by Crippen LogP contribution is -2.37. The van der Waals surface area contributed by atoms with Crippen LogP contribution in [0.1, 0.15) is 33.1 Å². The first-order valence-corrected chi connectivity index (χ1v) is 6.34. The van der Waals surface area contributed by atoms with Gasteiger partial charge in [0.15, 0.2) is 0 Å². The minimum atomic E-state index is -0.181. The Bertz CT molecular complexity index is 236. The molecule has 1 saturated heterocycles. The summed E-state index contributed by atoms with van der Waals surface area (Å²) in [6, 6.07) is 2.36. The van der Waals surface area contributed by atoms with Gasteiger partial charge in [0, 0.05) is 6.54 Å². The summed E-state index contributed by atoms with van der Waals surface area (Å²) < 4.78 is 0. The summed E-state index contributed by atoms with van der Waals surface area (Å²) in [5.74, 6) is 0.795. The Balaban J connectivity index is 2.20. The van der Waals surface area contributed by atoms with E-state index in [9.17, 15) is 0 Å². The number of rotatable bonds is 5. The lowest BCUT2D eigenvalue weighted by atomic mass is 9.91. The van der Waals surface area contributed by atoms with E-state index in [1.165, 1.54) is 19.4 Å². The van der Waals surface area contributed by atoms with Crippen LogP contribution >= 0.6 is 0 Å². The van der Waals surface area contributed by atoms with E-state index in [2.05, 4.69) is 23.3 Å². The third kappa shape index (κ3) is 4.96. The number of nitrogens with zero attached hydrogens (tertiary/aromatic N) is 2. The Morgan fingerprint density at radius 2 is 2.25 bits per heavy atom. The quantitative estimate of drug-likeness (QED) is 0.773. The molecule has 0 radical (unpaired) electrons. The summed E-state index contributed by atoms with van der Waals surface area (Å²) in [5.41, 5.74) is -0.181. The zero-order chi connectivity index (χ0) is 12.0. The van der Waals surface area contributed by atoms with Crippen molar-refractivity contribution in [1.29, 1.82) is 5.26 Å². The molecule has 3 heteroatoms. The zero-order valence-corrected chi connectivity index (χ0v) is 10.9. The van der Waals surface area contributed by atoms with Gasteiger partial charge in [-0.25, -0.2) is 0 Å². The highest BCUT2D eigenvalue weighted by Crippen LogP contribution is 2.19. The van der Waals surface area contributed by atoms with Crippen molar-refractivity contribution in [1.82, 2.24) is 10.2 Å². The van der Waals surface area contributed by atoms with Crippen LogP contribution in [-0.4, -0.2) is 38.1 Å². The fraction of sp³-hybridized carbons (Fsp3) is 0.923. The maximum atomic E-state index is 8.95. The smallest absolute Gasteiger partial charge is 0.0684 e. The Hall–Kier alpha value is -0.590. The maximum Gasteiger partial charge on any atom is 0.0684 e. The van der Waals surface area contributed by atoms with Crippen LogP contribution < -0.4 is 5.32 Å². The molecule has 1 N–H and O–H groups in total. The van der Waals surface area contributed by atoms with Gasteiger partial charge in [-0.3, -0.25) is 0 Å². The van der Waals surface area contributed by atoms with E-state index in [1.54, 1.807) is 0 Å². The van der Waals surface area contributed by atoms with Crippen LogP contribution in [0.15, 0.2) is 0 Å². The minimum absolute atomic E-state index is 0.181. The van der Waals surface area contributed by atoms with E-state index in [0.29, 0.717) is 0 Å². The summed E-state index contributed by atoms with van der Waals surface area (Å²) in [6.45, 7) is 8.56. The van der Waals surface area contributed by atoms with E-state index in [-0.39, 0.29) is 5.41 Å². The summed E-state index contributed by atoms with van der Waals surface area (Å²) in [5, 5.41) is 12.4. The molecular formula is C13H25N3. The molecule has 0 saturated carbocycles. The number of nitriles is 1. The molecule has 1 heterocycles. The van der Waals surface area contributed by atoms with Gasteiger partial charge in [-0.05, 0) is 65.7 Å². The second-order valence-corrected chi connectivity index (χ2v) is 5.72. The van der Waals surface area contributed by atoms with Crippen LogP contribution in [-0.2, 0) is 0 Å². The molecular weight excluding hydrogens is 198 g/mol. The van der Waals surface area contributed by atoms with Crippen LogP contribution in [0.3, 0.4) is 0 Å². The van der Waals surface area contributed by atoms with Gasteiger partial charge in [-0.2, -0.15) is 5.26 Å². The molecule has 0 aromatic rings. The molecule has 0 spiro atoms. The fourth-order valence-corrected chi connectivity index (χ4v) is 2.14. The Kier molecular flexibility index (Phi) is 5.24. The third-order valence-electron chi connectivity index (χ3n) is 3.39. The summed E-state index contributed by atoms with van der Waals surface area (Å²) in [6.07, 6.45) is 3.61. The van der Waals surface area contributed by atoms with Crippen molar-refractivity contribution < 1.29 is 0 Å². The average molecular weight is 223 g/mol. The first-order chi connectivity index (χ1) is 7.53. The predicted octanol–water partition coefficient (Wildman–Crippen LogP) is 1.86. The second-order valence-electron chi connectivity index (χ2n) is 5.72. The SMILES string of the molecule is CN(CCC(C)(C)C#N)CC1CCCNC1. The fourth-order valence-electron chi connectivity index (χ4n) is 2.14. The van der Waals surface area contributed by atoms with Gasteiger partial charge >= 0.3 is 0 Å². The third-order valence-corrected chi connectivity index (χ3v) is 3.39. The van der Waals surface area contributed by atoms with Crippen molar-refractivity contribution in [3.8, 4) is 6.07 Å². The molecule has 3 nitrogen and oxygen atoms in total. The predicted molar refractivity (Wildman–Crippen MR) is 67.1 cm³/mol.